The lowest BCUT2D eigenvalue weighted by Crippen LogP contribution is -2.00. The van der Waals surface area contributed by atoms with Crippen LogP contribution in [-0.2, 0) is 5.75 Å². The Balaban J connectivity index is 3.07. The van der Waals surface area contributed by atoms with Crippen LogP contribution in [0.1, 0.15) is 25.0 Å². The summed E-state index contributed by atoms with van der Waals surface area (Å²) in [5, 5.41) is 0. The van der Waals surface area contributed by atoms with Gasteiger partial charge in [-0.2, -0.15) is 12.6 Å². The van der Waals surface area contributed by atoms with Crippen molar-refractivity contribution >= 4 is 12.6 Å². The van der Waals surface area contributed by atoms with E-state index in [0.29, 0.717) is 19.0 Å². The minimum atomic E-state index is 0.662. The highest BCUT2D eigenvalue weighted by Crippen LogP contribution is 2.29. The minimum Gasteiger partial charge on any atom is -0.494 e. The second-order valence-corrected chi connectivity index (χ2v) is 3.56. The first-order chi connectivity index (χ1) is 7.22. The molecule has 0 unspecified atom stereocenters. The summed E-state index contributed by atoms with van der Waals surface area (Å²) in [6.07, 6.45) is 0. The fraction of sp³-hybridized carbons (Fsp3) is 0.500. The van der Waals surface area contributed by atoms with Crippen molar-refractivity contribution in [2.45, 2.75) is 26.5 Å². The van der Waals surface area contributed by atoms with E-state index in [9.17, 15) is 0 Å². The molecule has 0 heterocycles. The number of thiol groups is 1. The van der Waals surface area contributed by atoms with Crippen molar-refractivity contribution < 1.29 is 9.47 Å². The number of ether oxygens (including phenoxy) is 2. The predicted molar refractivity (Wildman–Crippen MR) is 66.2 cm³/mol. The van der Waals surface area contributed by atoms with Gasteiger partial charge in [0.15, 0.2) is 0 Å². The molecule has 0 spiro atoms. The molecule has 0 aromatic heterocycles. The highest BCUT2D eigenvalue weighted by atomic mass is 32.1. The van der Waals surface area contributed by atoms with Gasteiger partial charge in [-0.25, -0.2) is 0 Å². The SMILES string of the molecule is CCOc1cc(C)c(CS)c(OCC)c1. The largest absolute Gasteiger partial charge is 0.494 e. The number of aryl methyl sites for hydroxylation is 1. The highest BCUT2D eigenvalue weighted by molar-refractivity contribution is 7.79. The molecule has 1 aromatic rings. The molecule has 0 aliphatic carbocycles. The second-order valence-electron chi connectivity index (χ2n) is 3.24. The molecule has 2 nitrogen and oxygen atoms in total. The summed E-state index contributed by atoms with van der Waals surface area (Å²) in [7, 11) is 0. The first kappa shape index (κ1) is 12.2. The van der Waals surface area contributed by atoms with Gasteiger partial charge in [0.25, 0.3) is 0 Å². The zero-order valence-corrected chi connectivity index (χ0v) is 10.4. The van der Waals surface area contributed by atoms with Gasteiger partial charge < -0.3 is 9.47 Å². The molecule has 1 aromatic carbocycles. The third-order valence-electron chi connectivity index (χ3n) is 2.17. The van der Waals surface area contributed by atoms with Gasteiger partial charge in [0.1, 0.15) is 11.5 Å². The molecule has 0 atom stereocenters. The summed E-state index contributed by atoms with van der Waals surface area (Å²) in [5.41, 5.74) is 2.31. The van der Waals surface area contributed by atoms with Gasteiger partial charge in [-0.05, 0) is 32.4 Å². The highest BCUT2D eigenvalue weighted by Gasteiger charge is 2.08. The summed E-state index contributed by atoms with van der Waals surface area (Å²) < 4.78 is 11.0. The van der Waals surface area contributed by atoms with Crippen molar-refractivity contribution in [3.63, 3.8) is 0 Å². The van der Waals surface area contributed by atoms with Gasteiger partial charge in [-0.15, -0.1) is 0 Å². The number of rotatable bonds is 5. The predicted octanol–water partition coefficient (Wildman–Crippen LogP) is 3.22. The van der Waals surface area contributed by atoms with Crippen LogP contribution in [0.2, 0.25) is 0 Å². The molecular formula is C12H18O2S. The average molecular weight is 226 g/mol. The van der Waals surface area contributed by atoms with Gasteiger partial charge in [-0.1, -0.05) is 0 Å². The van der Waals surface area contributed by atoms with Gasteiger partial charge in [-0.3, -0.25) is 0 Å². The van der Waals surface area contributed by atoms with Crippen molar-refractivity contribution in [1.29, 1.82) is 0 Å². The molecule has 0 saturated heterocycles. The van der Waals surface area contributed by atoms with Crippen LogP contribution in [0.15, 0.2) is 12.1 Å². The molecule has 0 aliphatic heterocycles. The molecule has 0 fully saturated rings. The minimum absolute atomic E-state index is 0.662. The molecule has 15 heavy (non-hydrogen) atoms. The van der Waals surface area contributed by atoms with E-state index in [1.165, 1.54) is 5.56 Å². The monoisotopic (exact) mass is 226 g/mol. The molecule has 0 saturated carbocycles. The maximum absolute atomic E-state index is 5.57. The smallest absolute Gasteiger partial charge is 0.127 e. The van der Waals surface area contributed by atoms with Gasteiger partial charge >= 0.3 is 0 Å². The van der Waals surface area contributed by atoms with E-state index in [4.69, 9.17) is 9.47 Å². The first-order valence-corrected chi connectivity index (χ1v) is 5.86. The Morgan fingerprint density at radius 1 is 1.13 bits per heavy atom. The van der Waals surface area contributed by atoms with Crippen LogP contribution in [0.4, 0.5) is 0 Å². The number of hydrogen-bond donors (Lipinski definition) is 1. The van der Waals surface area contributed by atoms with E-state index < -0.39 is 0 Å². The van der Waals surface area contributed by atoms with Crippen molar-refractivity contribution in [1.82, 2.24) is 0 Å². The van der Waals surface area contributed by atoms with Crippen molar-refractivity contribution in [2.24, 2.45) is 0 Å². The van der Waals surface area contributed by atoms with Crippen LogP contribution in [0, 0.1) is 6.92 Å². The molecule has 0 radical (unpaired) electrons. The quantitative estimate of drug-likeness (QED) is 0.777. The van der Waals surface area contributed by atoms with Gasteiger partial charge in [0, 0.05) is 17.4 Å². The Bertz CT molecular complexity index is 324. The van der Waals surface area contributed by atoms with Crippen LogP contribution >= 0.6 is 12.6 Å². The Kier molecular flexibility index (Phi) is 4.82. The van der Waals surface area contributed by atoms with E-state index >= 15 is 0 Å². The molecule has 0 N–H and O–H groups in total. The molecule has 84 valence electrons. The van der Waals surface area contributed by atoms with Crippen LogP contribution in [0.5, 0.6) is 11.5 Å². The topological polar surface area (TPSA) is 18.5 Å². The molecule has 3 heteroatoms. The van der Waals surface area contributed by atoms with Gasteiger partial charge in [0.05, 0.1) is 13.2 Å². The summed E-state index contributed by atoms with van der Waals surface area (Å²) in [6, 6.07) is 3.96. The Morgan fingerprint density at radius 2 is 1.80 bits per heavy atom. The third kappa shape index (κ3) is 3.06. The summed E-state index contributed by atoms with van der Waals surface area (Å²) in [4.78, 5) is 0. The van der Waals surface area contributed by atoms with Crippen LogP contribution in [0.3, 0.4) is 0 Å². The van der Waals surface area contributed by atoms with Crippen molar-refractivity contribution in [2.75, 3.05) is 13.2 Å². The third-order valence-corrected chi connectivity index (χ3v) is 2.49. The summed E-state index contributed by atoms with van der Waals surface area (Å²) >= 11 is 4.31. The van der Waals surface area contributed by atoms with Gasteiger partial charge in [0.2, 0.25) is 0 Å². The van der Waals surface area contributed by atoms with Crippen LogP contribution in [0.25, 0.3) is 0 Å². The average Bonchev–Trinajstić information content (AvgIpc) is 2.18. The first-order valence-electron chi connectivity index (χ1n) is 5.22. The zero-order chi connectivity index (χ0) is 11.3. The van der Waals surface area contributed by atoms with E-state index in [2.05, 4.69) is 19.6 Å². The standard InChI is InChI=1S/C12H18O2S/c1-4-13-10-6-9(3)11(8-15)12(7-10)14-5-2/h6-7,15H,4-5,8H2,1-3H3. The molecule has 0 bridgehead atoms. The van der Waals surface area contributed by atoms with Crippen LogP contribution < -0.4 is 9.47 Å². The van der Waals surface area contributed by atoms with Crippen LogP contribution in [-0.4, -0.2) is 13.2 Å². The molecule has 0 aliphatic rings. The van der Waals surface area contributed by atoms with E-state index in [-0.39, 0.29) is 0 Å². The fourth-order valence-electron chi connectivity index (χ4n) is 1.49. The Hall–Kier alpha value is -0.830. The van der Waals surface area contributed by atoms with Crippen molar-refractivity contribution in [3.8, 4) is 11.5 Å². The van der Waals surface area contributed by atoms with Crippen molar-refractivity contribution in [3.05, 3.63) is 23.3 Å². The summed E-state index contributed by atoms with van der Waals surface area (Å²) in [6.45, 7) is 7.34. The fourth-order valence-corrected chi connectivity index (χ4v) is 1.89. The molecule has 0 amide bonds. The summed E-state index contributed by atoms with van der Waals surface area (Å²) in [5.74, 6) is 2.44. The Morgan fingerprint density at radius 3 is 2.33 bits per heavy atom. The number of hydrogen-bond acceptors (Lipinski definition) is 3. The zero-order valence-electron chi connectivity index (χ0n) is 9.54. The van der Waals surface area contributed by atoms with E-state index in [0.717, 1.165) is 17.1 Å². The lowest BCUT2D eigenvalue weighted by molar-refractivity contribution is 0.321. The normalized spacial score (nSPS) is 10.1. The molecular weight excluding hydrogens is 208 g/mol. The maximum atomic E-state index is 5.57. The van der Waals surface area contributed by atoms with E-state index in [1.54, 1.807) is 0 Å². The Labute approximate surface area is 97.0 Å². The maximum Gasteiger partial charge on any atom is 0.127 e. The second kappa shape index (κ2) is 5.91. The molecule has 1 rings (SSSR count). The van der Waals surface area contributed by atoms with E-state index in [1.807, 2.05) is 26.0 Å². The number of benzene rings is 1. The lowest BCUT2D eigenvalue weighted by atomic mass is 10.1. The lowest BCUT2D eigenvalue weighted by Gasteiger charge is -2.13.